The Labute approximate surface area is 272 Å². The standard InChI is InChI=1S/C27H36N6O5.C2H5FO.C2H6.CH5N/c1-6-15-38-21-14-11-18(16-22(21)37-8-3)23(31-19-12-9-17(10-13-19)24(28)29)26(35)33-32-25(34)20(7-2)27(30-4)36-5;3-1-2-4;2*1-2/h7,9-14,16,23,31H,6,8,15H2,1-5H3,(H3,28,29)(H,32,34)(H,33,35);4H,1-2H2;1-2H3;2H2,1H3/b20-7-,30-27?;;;. The zero-order chi connectivity index (χ0) is 35.5. The molecule has 0 fully saturated rings. The average Bonchev–Trinajstić information content (AvgIpc) is 3.09. The highest BCUT2D eigenvalue weighted by Crippen LogP contribution is 2.32. The van der Waals surface area contributed by atoms with Gasteiger partial charge in [-0.05, 0) is 69.3 Å². The van der Waals surface area contributed by atoms with E-state index in [2.05, 4.69) is 26.9 Å². The molecule has 2 rings (SSSR count). The molecule has 0 aliphatic rings. The molecule has 2 amide bonds. The van der Waals surface area contributed by atoms with E-state index in [0.29, 0.717) is 41.5 Å². The highest BCUT2D eigenvalue weighted by atomic mass is 19.1. The van der Waals surface area contributed by atoms with Crippen LogP contribution in [0.4, 0.5) is 10.1 Å². The minimum atomic E-state index is -0.936. The van der Waals surface area contributed by atoms with Crippen LogP contribution in [-0.2, 0) is 14.3 Å². The van der Waals surface area contributed by atoms with Crippen molar-refractivity contribution in [2.45, 2.75) is 47.1 Å². The Kier molecular flexibility index (Phi) is 25.2. The summed E-state index contributed by atoms with van der Waals surface area (Å²) in [5.74, 6) is -0.00636. The van der Waals surface area contributed by atoms with Crippen molar-refractivity contribution < 1.29 is 33.3 Å². The maximum Gasteiger partial charge on any atom is 0.274 e. The molecule has 1 atom stereocenters. The lowest BCUT2D eigenvalue weighted by molar-refractivity contribution is -0.127. The molecule has 0 bridgehead atoms. The Morgan fingerprint density at radius 3 is 2.13 bits per heavy atom. The summed E-state index contributed by atoms with van der Waals surface area (Å²) in [4.78, 5) is 30.0. The Balaban J connectivity index is 0. The second-order valence-electron chi connectivity index (χ2n) is 8.35. The lowest BCUT2D eigenvalue weighted by atomic mass is 10.0. The van der Waals surface area contributed by atoms with E-state index in [4.69, 9.17) is 30.5 Å². The van der Waals surface area contributed by atoms with Gasteiger partial charge in [-0.1, -0.05) is 32.9 Å². The predicted octanol–water partition coefficient (Wildman–Crippen LogP) is 3.63. The molecule has 46 heavy (non-hydrogen) atoms. The number of nitrogen functional groups attached to an aromatic ring is 1. The molecule has 0 heterocycles. The number of allylic oxidation sites excluding steroid dienone is 1. The number of anilines is 1. The first-order valence-corrected chi connectivity index (χ1v) is 14.8. The van der Waals surface area contributed by atoms with Gasteiger partial charge in [0, 0.05) is 18.3 Å². The second-order valence-corrected chi connectivity index (χ2v) is 8.35. The number of amides is 2. The minimum absolute atomic E-state index is 0.0663. The van der Waals surface area contributed by atoms with Crippen molar-refractivity contribution in [1.82, 2.24) is 10.9 Å². The summed E-state index contributed by atoms with van der Waals surface area (Å²) in [5, 5.41) is 18.3. The number of hydrogen-bond donors (Lipinski definition) is 7. The van der Waals surface area contributed by atoms with Gasteiger partial charge in [0.25, 0.3) is 11.8 Å². The number of halogens is 1. The van der Waals surface area contributed by atoms with Gasteiger partial charge in [0.1, 0.15) is 18.6 Å². The predicted molar refractivity (Wildman–Crippen MR) is 182 cm³/mol. The van der Waals surface area contributed by atoms with Crippen LogP contribution in [0.3, 0.4) is 0 Å². The number of benzene rings is 2. The van der Waals surface area contributed by atoms with Gasteiger partial charge < -0.3 is 36.1 Å². The van der Waals surface area contributed by atoms with Crippen molar-refractivity contribution in [3.8, 4) is 11.5 Å². The van der Waals surface area contributed by atoms with Crippen molar-refractivity contribution in [2.75, 3.05) is 53.0 Å². The summed E-state index contributed by atoms with van der Waals surface area (Å²) in [5.41, 5.74) is 16.8. The number of methoxy groups -OCH3 is 1. The third-order valence-electron chi connectivity index (χ3n) is 5.38. The van der Waals surface area contributed by atoms with Crippen LogP contribution < -0.4 is 37.1 Å². The smallest absolute Gasteiger partial charge is 0.274 e. The summed E-state index contributed by atoms with van der Waals surface area (Å²) >= 11 is 0. The van der Waals surface area contributed by atoms with Gasteiger partial charge in [-0.15, -0.1) is 0 Å². The van der Waals surface area contributed by atoms with Crippen LogP contribution >= 0.6 is 0 Å². The van der Waals surface area contributed by atoms with Crippen molar-refractivity contribution in [3.63, 3.8) is 0 Å². The summed E-state index contributed by atoms with van der Waals surface area (Å²) in [6.07, 6.45) is 2.36. The number of aliphatic imine (C=N–C) groups is 1. The van der Waals surface area contributed by atoms with Crippen LogP contribution in [0.2, 0.25) is 0 Å². The number of aliphatic hydroxyl groups is 1. The zero-order valence-corrected chi connectivity index (χ0v) is 28.2. The molecule has 0 aromatic heterocycles. The maximum absolute atomic E-state index is 13.4. The third kappa shape index (κ3) is 15.3. The van der Waals surface area contributed by atoms with Gasteiger partial charge in [0.2, 0.25) is 5.90 Å². The highest BCUT2D eigenvalue weighted by Gasteiger charge is 2.24. The van der Waals surface area contributed by atoms with E-state index in [1.54, 1.807) is 49.4 Å². The molecule has 14 heteroatoms. The van der Waals surface area contributed by atoms with Gasteiger partial charge in [0.05, 0.1) is 32.5 Å². The number of aliphatic hydroxyl groups excluding tert-OH is 1. The van der Waals surface area contributed by atoms with Crippen molar-refractivity contribution >= 4 is 29.2 Å². The van der Waals surface area contributed by atoms with E-state index in [1.807, 2.05) is 27.7 Å². The van der Waals surface area contributed by atoms with Crippen LogP contribution in [0.25, 0.3) is 0 Å². The number of ether oxygens (including phenoxy) is 3. The quantitative estimate of drug-likeness (QED) is 0.0731. The number of nitrogens with two attached hydrogens (primary N) is 2. The third-order valence-corrected chi connectivity index (χ3v) is 5.38. The topological polar surface area (TPSA) is 206 Å². The normalized spacial score (nSPS) is 11.0. The van der Waals surface area contributed by atoms with Gasteiger partial charge in [0.15, 0.2) is 11.5 Å². The first-order valence-electron chi connectivity index (χ1n) is 14.8. The van der Waals surface area contributed by atoms with Crippen molar-refractivity contribution in [2.24, 2.45) is 16.5 Å². The molecule has 1 unspecified atom stereocenters. The molecule has 0 aliphatic carbocycles. The van der Waals surface area contributed by atoms with Crippen LogP contribution in [-0.4, -0.2) is 76.4 Å². The number of nitrogens with one attached hydrogen (secondary N) is 4. The van der Waals surface area contributed by atoms with Crippen LogP contribution in [0.1, 0.15) is 58.2 Å². The van der Waals surface area contributed by atoms with E-state index >= 15 is 0 Å². The van der Waals surface area contributed by atoms with Gasteiger partial charge in [-0.3, -0.25) is 30.8 Å². The fourth-order valence-corrected chi connectivity index (χ4v) is 3.45. The monoisotopic (exact) mass is 649 g/mol. The Hall–Kier alpha value is -4.69. The molecule has 0 saturated carbocycles. The van der Waals surface area contributed by atoms with Crippen LogP contribution in [0.15, 0.2) is 59.1 Å². The van der Waals surface area contributed by atoms with Crippen molar-refractivity contribution in [3.05, 3.63) is 65.2 Å². The fourth-order valence-electron chi connectivity index (χ4n) is 3.45. The number of alkyl halides is 1. The molecular formula is C32H52FN7O6. The maximum atomic E-state index is 13.4. The highest BCUT2D eigenvalue weighted by molar-refractivity contribution is 6.18. The van der Waals surface area contributed by atoms with Gasteiger partial charge in [-0.25, -0.2) is 4.39 Å². The number of carbonyl (C=O) groups is 2. The number of carbonyl (C=O) groups excluding carboxylic acids is 2. The van der Waals surface area contributed by atoms with Gasteiger partial charge in [-0.2, -0.15) is 0 Å². The Bertz CT molecular complexity index is 1220. The number of hydrogen-bond acceptors (Lipinski definition) is 10. The molecule has 0 aliphatic heterocycles. The first kappa shape index (κ1) is 43.4. The molecule has 0 saturated heterocycles. The molecule has 258 valence electrons. The molecule has 0 radical (unpaired) electrons. The number of amidine groups is 1. The lowest BCUT2D eigenvalue weighted by Gasteiger charge is -2.22. The van der Waals surface area contributed by atoms with E-state index < -0.39 is 24.5 Å². The minimum Gasteiger partial charge on any atom is -0.490 e. The van der Waals surface area contributed by atoms with Crippen LogP contribution in [0.5, 0.6) is 11.5 Å². The molecule has 0 spiro atoms. The van der Waals surface area contributed by atoms with Gasteiger partial charge >= 0.3 is 0 Å². The summed E-state index contributed by atoms with van der Waals surface area (Å²) in [6, 6.07) is 11.0. The summed E-state index contributed by atoms with van der Waals surface area (Å²) in [7, 11) is 4.40. The summed E-state index contributed by atoms with van der Waals surface area (Å²) in [6.45, 7) is 9.48. The fraction of sp³-hybridized carbons (Fsp3) is 0.438. The molecular weight excluding hydrogens is 597 g/mol. The van der Waals surface area contributed by atoms with E-state index in [-0.39, 0.29) is 23.9 Å². The number of rotatable bonds is 13. The lowest BCUT2D eigenvalue weighted by Crippen LogP contribution is -2.46. The molecule has 9 N–H and O–H groups in total. The SMILES string of the molecule is C/C=C(/C(=O)NNC(=O)C(Nc1ccc(C(=N)N)cc1)c1ccc(OCCC)c(OCC)c1)C(=NC)OC.CC.CN.OCCF. The molecule has 13 nitrogen and oxygen atoms in total. The first-order chi connectivity index (χ1) is 22.2. The molecule has 2 aromatic rings. The molecule has 2 aromatic carbocycles. The van der Waals surface area contributed by atoms with E-state index in [9.17, 15) is 14.0 Å². The Morgan fingerprint density at radius 2 is 1.67 bits per heavy atom. The van der Waals surface area contributed by atoms with Crippen molar-refractivity contribution in [1.29, 1.82) is 5.41 Å². The summed E-state index contributed by atoms with van der Waals surface area (Å²) < 4.78 is 27.1. The largest absolute Gasteiger partial charge is 0.490 e. The Morgan fingerprint density at radius 1 is 1.07 bits per heavy atom. The number of nitrogens with zero attached hydrogens (tertiary/aromatic N) is 1. The number of hydrazine groups is 1. The van der Waals surface area contributed by atoms with E-state index in [0.717, 1.165) is 6.42 Å². The second kappa shape index (κ2) is 26.7. The van der Waals surface area contributed by atoms with E-state index in [1.165, 1.54) is 27.3 Å². The average molecular weight is 650 g/mol. The van der Waals surface area contributed by atoms with Crippen LogP contribution in [0, 0.1) is 5.41 Å². The zero-order valence-electron chi connectivity index (χ0n) is 28.2.